The molecule has 0 aliphatic carbocycles. The van der Waals surface area contributed by atoms with E-state index in [1.54, 1.807) is 12.3 Å². The lowest BCUT2D eigenvalue weighted by Gasteiger charge is -2.16. The second kappa shape index (κ2) is 6.40. The summed E-state index contributed by atoms with van der Waals surface area (Å²) in [7, 11) is 0. The molecule has 4 rings (SSSR count). The SMILES string of the molecule is O[C@@H]1[C@H](O)[C@@H](CF)O[C@H]1n1cnc2c(Nc3ccccc3)ccnc21. The number of aromatic nitrogens is 3. The number of fused-ring (bicyclic) bond motifs is 1. The molecule has 3 aromatic rings. The van der Waals surface area contributed by atoms with Crippen LogP contribution in [0.4, 0.5) is 15.8 Å². The molecule has 0 radical (unpaired) electrons. The van der Waals surface area contributed by atoms with Gasteiger partial charge >= 0.3 is 0 Å². The minimum absolute atomic E-state index is 0.469. The number of aliphatic hydroxyl groups is 2. The van der Waals surface area contributed by atoms with Crippen LogP contribution in [0.2, 0.25) is 0 Å². The van der Waals surface area contributed by atoms with Crippen LogP contribution < -0.4 is 5.32 Å². The van der Waals surface area contributed by atoms with Crippen molar-refractivity contribution in [3.63, 3.8) is 0 Å². The number of halogens is 1. The molecular weight excluding hydrogens is 327 g/mol. The van der Waals surface area contributed by atoms with Gasteiger partial charge in [0.15, 0.2) is 11.9 Å². The van der Waals surface area contributed by atoms with Crippen LogP contribution in [0, 0.1) is 0 Å². The highest BCUT2D eigenvalue weighted by atomic mass is 19.1. The summed E-state index contributed by atoms with van der Waals surface area (Å²) in [5, 5.41) is 23.3. The van der Waals surface area contributed by atoms with Crippen LogP contribution in [0.15, 0.2) is 48.9 Å². The molecule has 1 aromatic carbocycles. The molecular formula is C17H17FN4O3. The fraction of sp³-hybridized carbons (Fsp3) is 0.294. The van der Waals surface area contributed by atoms with Crippen LogP contribution in [-0.2, 0) is 4.74 Å². The van der Waals surface area contributed by atoms with E-state index in [0.717, 1.165) is 11.4 Å². The maximum Gasteiger partial charge on any atom is 0.165 e. The fourth-order valence-electron chi connectivity index (χ4n) is 2.98. The highest BCUT2D eigenvalue weighted by molar-refractivity contribution is 5.87. The molecule has 0 amide bonds. The van der Waals surface area contributed by atoms with E-state index in [2.05, 4.69) is 15.3 Å². The van der Waals surface area contributed by atoms with Gasteiger partial charge in [-0.2, -0.15) is 0 Å². The summed E-state index contributed by atoms with van der Waals surface area (Å²) < 4.78 is 19.9. The van der Waals surface area contributed by atoms with Crippen LogP contribution in [0.3, 0.4) is 0 Å². The van der Waals surface area contributed by atoms with Gasteiger partial charge in [0.2, 0.25) is 0 Å². The van der Waals surface area contributed by atoms with Crippen molar-refractivity contribution in [3.8, 4) is 0 Å². The number of aliphatic hydroxyl groups excluding tert-OH is 2. The fourth-order valence-corrected chi connectivity index (χ4v) is 2.98. The first-order chi connectivity index (χ1) is 12.2. The number of anilines is 2. The van der Waals surface area contributed by atoms with Crippen molar-refractivity contribution in [1.29, 1.82) is 0 Å². The van der Waals surface area contributed by atoms with Crippen molar-refractivity contribution < 1.29 is 19.3 Å². The standard InChI is InChI=1S/C17H17FN4O3/c18-8-12-14(23)15(24)17(25-12)22-9-20-13-11(6-7-19-16(13)22)21-10-4-2-1-3-5-10/h1-7,9,12,14-15,17,23-24H,8H2,(H,19,21)/t12-,14-,15-,17-/m1/s1. The van der Waals surface area contributed by atoms with Gasteiger partial charge < -0.3 is 20.3 Å². The average molecular weight is 344 g/mol. The summed E-state index contributed by atoms with van der Waals surface area (Å²) in [6, 6.07) is 11.4. The van der Waals surface area contributed by atoms with Gasteiger partial charge in [-0.25, -0.2) is 14.4 Å². The second-order valence-electron chi connectivity index (χ2n) is 5.87. The topological polar surface area (TPSA) is 92.4 Å². The Morgan fingerprint density at radius 3 is 2.64 bits per heavy atom. The molecule has 1 saturated heterocycles. The van der Waals surface area contributed by atoms with E-state index in [9.17, 15) is 14.6 Å². The Morgan fingerprint density at radius 2 is 1.92 bits per heavy atom. The van der Waals surface area contributed by atoms with Gasteiger partial charge in [-0.3, -0.25) is 4.57 Å². The lowest BCUT2D eigenvalue weighted by Crippen LogP contribution is -2.32. The molecule has 2 aromatic heterocycles. The van der Waals surface area contributed by atoms with Gasteiger partial charge in [0.05, 0.1) is 12.0 Å². The first kappa shape index (κ1) is 15.9. The number of benzene rings is 1. The summed E-state index contributed by atoms with van der Waals surface area (Å²) in [6.07, 6.45) is -1.49. The van der Waals surface area contributed by atoms with Crippen LogP contribution in [0.25, 0.3) is 11.2 Å². The largest absolute Gasteiger partial charge is 0.387 e. The normalized spacial score (nSPS) is 26.2. The molecule has 0 bridgehead atoms. The van der Waals surface area contributed by atoms with Crippen molar-refractivity contribution in [2.24, 2.45) is 0 Å². The van der Waals surface area contributed by atoms with Crippen LogP contribution >= 0.6 is 0 Å². The zero-order valence-corrected chi connectivity index (χ0v) is 13.2. The Hall–Kier alpha value is -2.55. The van der Waals surface area contributed by atoms with Crippen molar-refractivity contribution in [2.45, 2.75) is 24.5 Å². The zero-order chi connectivity index (χ0) is 17.4. The Bertz CT molecular complexity index is 873. The number of rotatable bonds is 4. The van der Waals surface area contributed by atoms with Crippen LogP contribution in [0.1, 0.15) is 6.23 Å². The smallest absolute Gasteiger partial charge is 0.165 e. The molecule has 3 N–H and O–H groups in total. The Balaban J connectivity index is 1.70. The lowest BCUT2D eigenvalue weighted by atomic mass is 10.1. The van der Waals surface area contributed by atoms with Gasteiger partial charge in [-0.15, -0.1) is 0 Å². The van der Waals surface area contributed by atoms with Crippen LogP contribution in [-0.4, -0.2) is 49.7 Å². The zero-order valence-electron chi connectivity index (χ0n) is 13.2. The summed E-state index contributed by atoms with van der Waals surface area (Å²) >= 11 is 0. The number of hydrogen-bond donors (Lipinski definition) is 3. The van der Waals surface area contributed by atoms with E-state index >= 15 is 0 Å². The molecule has 7 nitrogen and oxygen atoms in total. The van der Waals surface area contributed by atoms with Crippen molar-refractivity contribution >= 4 is 22.5 Å². The molecule has 4 atom stereocenters. The van der Waals surface area contributed by atoms with Crippen molar-refractivity contribution in [2.75, 3.05) is 12.0 Å². The van der Waals surface area contributed by atoms with Gasteiger partial charge in [0.1, 0.15) is 30.5 Å². The molecule has 25 heavy (non-hydrogen) atoms. The summed E-state index contributed by atoms with van der Waals surface area (Å²) in [6.45, 7) is -0.879. The first-order valence-electron chi connectivity index (χ1n) is 7.90. The molecule has 1 aliphatic heterocycles. The van der Waals surface area contributed by atoms with Crippen LogP contribution in [0.5, 0.6) is 0 Å². The van der Waals surface area contributed by atoms with Crippen molar-refractivity contribution in [1.82, 2.24) is 14.5 Å². The summed E-state index contributed by atoms with van der Waals surface area (Å²) in [5.41, 5.74) is 2.69. The molecule has 130 valence electrons. The van der Waals surface area contributed by atoms with E-state index < -0.39 is 31.2 Å². The predicted octanol–water partition coefficient (Wildman–Crippen LogP) is 1.76. The Labute approximate surface area is 142 Å². The van der Waals surface area contributed by atoms with Gasteiger partial charge in [0, 0.05) is 11.9 Å². The Morgan fingerprint density at radius 1 is 1.12 bits per heavy atom. The molecule has 1 aliphatic rings. The molecule has 8 heteroatoms. The maximum absolute atomic E-state index is 12.9. The third kappa shape index (κ3) is 2.74. The molecule has 0 unspecified atom stereocenters. The van der Waals surface area contributed by atoms with E-state index in [4.69, 9.17) is 4.74 Å². The Kier molecular flexibility index (Phi) is 4.08. The lowest BCUT2D eigenvalue weighted by molar-refractivity contribution is -0.0409. The molecule has 0 spiro atoms. The number of alkyl halides is 1. The molecule has 3 heterocycles. The quantitative estimate of drug-likeness (QED) is 0.668. The first-order valence-corrected chi connectivity index (χ1v) is 7.90. The van der Waals surface area contributed by atoms with E-state index in [1.165, 1.54) is 10.9 Å². The molecule has 1 fully saturated rings. The number of para-hydroxylation sites is 1. The summed E-state index contributed by atoms with van der Waals surface area (Å²) in [5.74, 6) is 0. The highest BCUT2D eigenvalue weighted by Gasteiger charge is 2.44. The number of ether oxygens (including phenoxy) is 1. The highest BCUT2D eigenvalue weighted by Crippen LogP contribution is 2.33. The minimum Gasteiger partial charge on any atom is -0.387 e. The number of nitrogens with zero attached hydrogens (tertiary/aromatic N) is 3. The number of pyridine rings is 1. The minimum atomic E-state index is -1.29. The second-order valence-corrected chi connectivity index (χ2v) is 5.87. The number of nitrogens with one attached hydrogen (secondary N) is 1. The third-order valence-corrected chi connectivity index (χ3v) is 4.28. The van der Waals surface area contributed by atoms with E-state index in [1.807, 2.05) is 30.3 Å². The predicted molar refractivity (Wildman–Crippen MR) is 89.2 cm³/mol. The summed E-state index contributed by atoms with van der Waals surface area (Å²) in [4.78, 5) is 8.63. The van der Waals surface area contributed by atoms with Gasteiger partial charge in [-0.05, 0) is 18.2 Å². The van der Waals surface area contributed by atoms with E-state index in [-0.39, 0.29) is 0 Å². The van der Waals surface area contributed by atoms with E-state index in [0.29, 0.717) is 11.2 Å². The molecule has 0 saturated carbocycles. The number of imidazole rings is 1. The monoisotopic (exact) mass is 344 g/mol. The van der Waals surface area contributed by atoms with Gasteiger partial charge in [0.25, 0.3) is 0 Å². The maximum atomic E-state index is 12.9. The number of hydrogen-bond acceptors (Lipinski definition) is 6. The average Bonchev–Trinajstić information content (AvgIpc) is 3.18. The third-order valence-electron chi connectivity index (χ3n) is 4.28. The van der Waals surface area contributed by atoms with Gasteiger partial charge in [-0.1, -0.05) is 18.2 Å². The van der Waals surface area contributed by atoms with Crippen molar-refractivity contribution in [3.05, 3.63) is 48.9 Å².